The zero-order valence-electron chi connectivity index (χ0n) is 7.86. The van der Waals surface area contributed by atoms with Crippen molar-refractivity contribution in [2.45, 2.75) is 6.92 Å². The van der Waals surface area contributed by atoms with Gasteiger partial charge < -0.3 is 5.84 Å². The van der Waals surface area contributed by atoms with E-state index in [0.29, 0.717) is 5.71 Å². The van der Waals surface area contributed by atoms with Crippen LogP contribution in [0.5, 0.6) is 0 Å². The molecule has 0 aliphatic rings. The van der Waals surface area contributed by atoms with Gasteiger partial charge in [-0.2, -0.15) is 5.10 Å². The van der Waals surface area contributed by atoms with E-state index in [1.165, 1.54) is 0 Å². The topological polar surface area (TPSA) is 50.7 Å². The highest BCUT2D eigenvalue weighted by molar-refractivity contribution is 6.38. The molecule has 0 saturated carbocycles. The van der Waals surface area contributed by atoms with Crippen LogP contribution in [-0.4, -0.2) is 19.0 Å². The predicted molar refractivity (Wildman–Crippen MR) is 56.3 cm³/mol. The van der Waals surface area contributed by atoms with Crippen LogP contribution < -0.4 is 5.84 Å². The van der Waals surface area contributed by atoms with Gasteiger partial charge in [0.1, 0.15) is 5.71 Å². The maximum atomic E-state index is 5.26. The van der Waals surface area contributed by atoms with E-state index in [9.17, 15) is 0 Å². The van der Waals surface area contributed by atoms with Crippen molar-refractivity contribution in [3.63, 3.8) is 0 Å². The van der Waals surface area contributed by atoms with Gasteiger partial charge in [0.2, 0.25) is 0 Å². The summed E-state index contributed by atoms with van der Waals surface area (Å²) in [5, 5.41) is 3.68. The van der Waals surface area contributed by atoms with Crippen LogP contribution in [0, 0.1) is 6.92 Å². The van der Waals surface area contributed by atoms with E-state index in [2.05, 4.69) is 10.1 Å². The number of benzene rings is 1. The van der Waals surface area contributed by atoms with Gasteiger partial charge in [-0.3, -0.25) is 4.99 Å². The van der Waals surface area contributed by atoms with Gasteiger partial charge in [-0.25, -0.2) is 0 Å². The van der Waals surface area contributed by atoms with Crippen molar-refractivity contribution in [3.05, 3.63) is 35.4 Å². The maximum Gasteiger partial charge on any atom is 0.108 e. The molecule has 0 heterocycles. The molecule has 0 spiro atoms. The summed E-state index contributed by atoms with van der Waals surface area (Å²) in [6.45, 7) is 2.02. The van der Waals surface area contributed by atoms with Crippen LogP contribution in [0.15, 0.2) is 34.4 Å². The first-order valence-electron chi connectivity index (χ1n) is 4.05. The average molecular weight is 175 g/mol. The highest BCUT2D eigenvalue weighted by atomic mass is 15.1. The summed E-state index contributed by atoms with van der Waals surface area (Å²) in [4.78, 5) is 3.89. The zero-order chi connectivity index (χ0) is 9.68. The number of nitrogens with two attached hydrogens (primary N) is 1. The smallest absolute Gasteiger partial charge is 0.108 e. The van der Waals surface area contributed by atoms with Crippen molar-refractivity contribution in [2.24, 2.45) is 15.9 Å². The van der Waals surface area contributed by atoms with Crippen LogP contribution in [-0.2, 0) is 0 Å². The minimum absolute atomic E-state index is 0.709. The first-order valence-corrected chi connectivity index (χ1v) is 4.05. The van der Waals surface area contributed by atoms with E-state index in [-0.39, 0.29) is 0 Å². The summed E-state index contributed by atoms with van der Waals surface area (Å²) in [5.41, 5.74) is 2.88. The lowest BCUT2D eigenvalue weighted by molar-refractivity contribution is 1.25. The second kappa shape index (κ2) is 4.40. The van der Waals surface area contributed by atoms with Crippen LogP contribution in [0.1, 0.15) is 11.1 Å². The number of aliphatic imine (C=N–C) groups is 1. The maximum absolute atomic E-state index is 5.26. The molecule has 13 heavy (non-hydrogen) atoms. The molecule has 0 saturated heterocycles. The van der Waals surface area contributed by atoms with Crippen molar-refractivity contribution in [1.29, 1.82) is 0 Å². The number of hydrogen-bond acceptors (Lipinski definition) is 3. The molecule has 0 aromatic heterocycles. The monoisotopic (exact) mass is 175 g/mol. The van der Waals surface area contributed by atoms with Crippen molar-refractivity contribution in [3.8, 4) is 0 Å². The lowest BCUT2D eigenvalue weighted by Crippen LogP contribution is -2.07. The Bertz CT molecular complexity index is 340. The Morgan fingerprint density at radius 3 is 2.62 bits per heavy atom. The second-order valence-corrected chi connectivity index (χ2v) is 2.72. The Morgan fingerprint density at radius 2 is 2.08 bits per heavy atom. The summed E-state index contributed by atoms with van der Waals surface area (Å²) in [6.07, 6.45) is 1.66. The number of aryl methyl sites for hydroxylation is 1. The highest BCUT2D eigenvalue weighted by Crippen LogP contribution is 2.07. The Hall–Kier alpha value is -1.64. The summed E-state index contributed by atoms with van der Waals surface area (Å²) in [6, 6.07) is 7.93. The Labute approximate surface area is 78.0 Å². The SMILES string of the molecule is CN=CC(=NN)c1ccccc1C. The Kier molecular flexibility index (Phi) is 3.20. The molecule has 1 aromatic rings. The molecule has 68 valence electrons. The third-order valence-corrected chi connectivity index (χ3v) is 1.81. The quantitative estimate of drug-likeness (QED) is 0.412. The van der Waals surface area contributed by atoms with Crippen LogP contribution >= 0.6 is 0 Å². The molecule has 1 rings (SSSR count). The van der Waals surface area contributed by atoms with E-state index in [1.807, 2.05) is 31.2 Å². The van der Waals surface area contributed by atoms with E-state index < -0.39 is 0 Å². The van der Waals surface area contributed by atoms with Crippen LogP contribution in [0.2, 0.25) is 0 Å². The van der Waals surface area contributed by atoms with Crippen molar-refractivity contribution in [2.75, 3.05) is 7.05 Å². The molecule has 1 aromatic carbocycles. The molecule has 0 aliphatic carbocycles. The largest absolute Gasteiger partial charge is 0.323 e. The molecule has 3 heteroatoms. The Balaban J connectivity index is 3.13. The molecule has 0 unspecified atom stereocenters. The number of hydrazone groups is 1. The molecule has 0 aliphatic heterocycles. The lowest BCUT2D eigenvalue weighted by Gasteiger charge is -2.02. The predicted octanol–water partition coefficient (Wildman–Crippen LogP) is 1.36. The van der Waals surface area contributed by atoms with Gasteiger partial charge in [0, 0.05) is 18.8 Å². The fraction of sp³-hybridized carbons (Fsp3) is 0.200. The zero-order valence-corrected chi connectivity index (χ0v) is 7.86. The minimum atomic E-state index is 0.709. The number of rotatable bonds is 2. The van der Waals surface area contributed by atoms with Gasteiger partial charge in [-0.05, 0) is 12.5 Å². The third-order valence-electron chi connectivity index (χ3n) is 1.81. The van der Waals surface area contributed by atoms with Gasteiger partial charge in [0.25, 0.3) is 0 Å². The molecule has 0 amide bonds. The summed E-state index contributed by atoms with van der Waals surface area (Å²) in [7, 11) is 1.70. The van der Waals surface area contributed by atoms with Crippen LogP contribution in [0.4, 0.5) is 0 Å². The normalized spacial score (nSPS) is 12.3. The second-order valence-electron chi connectivity index (χ2n) is 2.72. The first kappa shape index (κ1) is 9.45. The fourth-order valence-electron chi connectivity index (χ4n) is 1.15. The Morgan fingerprint density at radius 1 is 1.38 bits per heavy atom. The molecule has 3 nitrogen and oxygen atoms in total. The third kappa shape index (κ3) is 2.15. The van der Waals surface area contributed by atoms with E-state index in [1.54, 1.807) is 13.3 Å². The minimum Gasteiger partial charge on any atom is -0.323 e. The van der Waals surface area contributed by atoms with E-state index >= 15 is 0 Å². The number of hydrogen-bond donors (Lipinski definition) is 1. The van der Waals surface area contributed by atoms with Crippen LogP contribution in [0.25, 0.3) is 0 Å². The first-order chi connectivity index (χ1) is 6.29. The van der Waals surface area contributed by atoms with Gasteiger partial charge in [0.05, 0.1) is 0 Å². The van der Waals surface area contributed by atoms with E-state index in [0.717, 1.165) is 11.1 Å². The molecular formula is C10H13N3. The van der Waals surface area contributed by atoms with E-state index in [4.69, 9.17) is 5.84 Å². The van der Waals surface area contributed by atoms with Gasteiger partial charge >= 0.3 is 0 Å². The molecule has 0 radical (unpaired) electrons. The van der Waals surface area contributed by atoms with Crippen LogP contribution in [0.3, 0.4) is 0 Å². The fourth-order valence-corrected chi connectivity index (χ4v) is 1.15. The summed E-state index contributed by atoms with van der Waals surface area (Å²) in [5.74, 6) is 5.26. The number of nitrogens with zero attached hydrogens (tertiary/aromatic N) is 2. The molecular weight excluding hydrogens is 162 g/mol. The van der Waals surface area contributed by atoms with Gasteiger partial charge in [0.15, 0.2) is 0 Å². The van der Waals surface area contributed by atoms with Crippen molar-refractivity contribution >= 4 is 11.9 Å². The summed E-state index contributed by atoms with van der Waals surface area (Å²) >= 11 is 0. The van der Waals surface area contributed by atoms with Crippen molar-refractivity contribution < 1.29 is 0 Å². The average Bonchev–Trinajstić information content (AvgIpc) is 2.16. The highest BCUT2D eigenvalue weighted by Gasteiger charge is 2.02. The van der Waals surface area contributed by atoms with Gasteiger partial charge in [-0.15, -0.1) is 0 Å². The van der Waals surface area contributed by atoms with Crippen molar-refractivity contribution in [1.82, 2.24) is 0 Å². The molecule has 0 bridgehead atoms. The van der Waals surface area contributed by atoms with Gasteiger partial charge in [-0.1, -0.05) is 24.3 Å². The molecule has 2 N–H and O–H groups in total. The molecule has 0 fully saturated rings. The standard InChI is InChI=1S/C10H13N3/c1-8-5-3-4-6-9(8)10(13-11)7-12-2/h3-7H,11H2,1-2H3. The summed E-state index contributed by atoms with van der Waals surface area (Å²) < 4.78 is 0. The molecule has 0 atom stereocenters. The lowest BCUT2D eigenvalue weighted by atomic mass is 10.1.